The van der Waals surface area contributed by atoms with Gasteiger partial charge in [-0.25, -0.2) is 9.78 Å². The lowest BCUT2D eigenvalue weighted by molar-refractivity contribution is -0.148. The topological polar surface area (TPSA) is 84.2 Å². The van der Waals surface area contributed by atoms with Crippen LogP contribution in [0.15, 0.2) is 24.3 Å². The molecule has 0 saturated carbocycles. The molecule has 0 bridgehead atoms. The van der Waals surface area contributed by atoms with Crippen LogP contribution in [0, 0.1) is 0 Å². The Kier molecular flexibility index (Phi) is 5.66. The van der Waals surface area contributed by atoms with Gasteiger partial charge in [0.05, 0.1) is 11.0 Å². The van der Waals surface area contributed by atoms with Crippen LogP contribution in [0.5, 0.6) is 0 Å². The van der Waals surface area contributed by atoms with E-state index in [1.807, 2.05) is 6.92 Å². The summed E-state index contributed by atoms with van der Waals surface area (Å²) in [5, 5.41) is 11.4. The minimum Gasteiger partial charge on any atom is -0.480 e. The summed E-state index contributed by atoms with van der Waals surface area (Å²) in [5.74, 6) is -3.21. The molecule has 1 heterocycles. The number of halogens is 3. The maximum atomic E-state index is 13.2. The number of amides is 1. The standard InChI is InChI=1S/C16H18F3N3O3/c1-2-3-6-11(14(24)25)20-13(23)9-22-12-8-5-4-7-10(12)21-15(22)16(17,18)19/h4-5,7-8,11H,2-3,6,9H2,1H3,(H,20,23)(H,24,25). The summed E-state index contributed by atoms with van der Waals surface area (Å²) in [4.78, 5) is 26.8. The molecule has 136 valence electrons. The molecule has 1 amide bonds. The summed E-state index contributed by atoms with van der Waals surface area (Å²) < 4.78 is 40.3. The van der Waals surface area contributed by atoms with Crippen LogP contribution in [0.3, 0.4) is 0 Å². The average Bonchev–Trinajstić information content (AvgIpc) is 2.90. The molecule has 1 atom stereocenters. The number of fused-ring (bicyclic) bond motifs is 1. The van der Waals surface area contributed by atoms with Gasteiger partial charge in [-0.3, -0.25) is 4.79 Å². The van der Waals surface area contributed by atoms with E-state index in [0.29, 0.717) is 6.42 Å². The summed E-state index contributed by atoms with van der Waals surface area (Å²) in [7, 11) is 0. The van der Waals surface area contributed by atoms with Crippen molar-refractivity contribution in [3.8, 4) is 0 Å². The lowest BCUT2D eigenvalue weighted by Crippen LogP contribution is -2.42. The summed E-state index contributed by atoms with van der Waals surface area (Å²) >= 11 is 0. The van der Waals surface area contributed by atoms with Gasteiger partial charge in [0.1, 0.15) is 12.6 Å². The molecule has 2 rings (SSSR count). The summed E-state index contributed by atoms with van der Waals surface area (Å²) in [5.41, 5.74) is 0.272. The Bertz CT molecular complexity index is 771. The molecule has 1 unspecified atom stereocenters. The summed E-state index contributed by atoms with van der Waals surface area (Å²) in [6.07, 6.45) is -3.19. The number of nitrogens with one attached hydrogen (secondary N) is 1. The van der Waals surface area contributed by atoms with Gasteiger partial charge in [0.2, 0.25) is 11.7 Å². The molecule has 9 heteroatoms. The molecule has 0 aliphatic heterocycles. The molecular weight excluding hydrogens is 339 g/mol. The van der Waals surface area contributed by atoms with E-state index in [0.717, 1.165) is 11.0 Å². The SMILES string of the molecule is CCCCC(NC(=O)Cn1c(C(F)(F)F)nc2ccccc21)C(=O)O. The second-order valence-electron chi connectivity index (χ2n) is 5.61. The normalized spacial score (nSPS) is 13.0. The summed E-state index contributed by atoms with van der Waals surface area (Å²) in [6.45, 7) is 1.21. The fourth-order valence-electron chi connectivity index (χ4n) is 2.50. The third kappa shape index (κ3) is 4.49. The molecular formula is C16H18F3N3O3. The van der Waals surface area contributed by atoms with E-state index in [-0.39, 0.29) is 17.5 Å². The molecule has 2 N–H and O–H groups in total. The molecule has 0 aliphatic rings. The van der Waals surface area contributed by atoms with E-state index < -0.39 is 36.5 Å². The number of rotatable bonds is 7. The maximum absolute atomic E-state index is 13.2. The van der Waals surface area contributed by atoms with Crippen molar-refractivity contribution in [3.63, 3.8) is 0 Å². The maximum Gasteiger partial charge on any atom is 0.449 e. The number of hydrogen-bond donors (Lipinski definition) is 2. The van der Waals surface area contributed by atoms with E-state index in [4.69, 9.17) is 5.11 Å². The number of carbonyl (C=O) groups is 2. The van der Waals surface area contributed by atoms with Crippen molar-refractivity contribution in [1.29, 1.82) is 0 Å². The molecule has 2 aromatic rings. The van der Waals surface area contributed by atoms with Crippen LogP contribution in [0.2, 0.25) is 0 Å². The third-order valence-corrected chi connectivity index (χ3v) is 3.69. The third-order valence-electron chi connectivity index (χ3n) is 3.69. The van der Waals surface area contributed by atoms with Crippen LogP contribution >= 0.6 is 0 Å². The van der Waals surface area contributed by atoms with Crippen LogP contribution in [-0.4, -0.2) is 32.6 Å². The molecule has 6 nitrogen and oxygen atoms in total. The lowest BCUT2D eigenvalue weighted by atomic mass is 10.1. The minimum atomic E-state index is -4.73. The highest BCUT2D eigenvalue weighted by Crippen LogP contribution is 2.31. The number of aliphatic carboxylic acids is 1. The number of alkyl halides is 3. The van der Waals surface area contributed by atoms with Crippen molar-refractivity contribution in [1.82, 2.24) is 14.9 Å². The molecule has 1 aromatic carbocycles. The van der Waals surface area contributed by atoms with Gasteiger partial charge in [0.15, 0.2) is 0 Å². The van der Waals surface area contributed by atoms with Crippen molar-refractivity contribution in [3.05, 3.63) is 30.1 Å². The van der Waals surface area contributed by atoms with Crippen molar-refractivity contribution < 1.29 is 27.9 Å². The first-order valence-electron chi connectivity index (χ1n) is 7.78. The number of imidazole rings is 1. The van der Waals surface area contributed by atoms with Crippen LogP contribution < -0.4 is 5.32 Å². The highest BCUT2D eigenvalue weighted by Gasteiger charge is 2.38. The Hall–Kier alpha value is -2.58. The van der Waals surface area contributed by atoms with Gasteiger partial charge in [-0.15, -0.1) is 0 Å². The Morgan fingerprint density at radius 1 is 1.32 bits per heavy atom. The van der Waals surface area contributed by atoms with Crippen molar-refractivity contribution in [2.24, 2.45) is 0 Å². The number of hydrogen-bond acceptors (Lipinski definition) is 3. The molecule has 0 aliphatic carbocycles. The van der Waals surface area contributed by atoms with Crippen molar-refractivity contribution >= 4 is 22.9 Å². The van der Waals surface area contributed by atoms with Crippen LogP contribution in [0.4, 0.5) is 13.2 Å². The van der Waals surface area contributed by atoms with Crippen LogP contribution in [0.1, 0.15) is 32.0 Å². The quantitative estimate of drug-likeness (QED) is 0.798. The molecule has 0 radical (unpaired) electrons. The predicted octanol–water partition coefficient (Wildman–Crippen LogP) is 2.81. The number of nitrogens with zero attached hydrogens (tertiary/aromatic N) is 2. The van der Waals surface area contributed by atoms with E-state index in [1.165, 1.54) is 12.1 Å². The highest BCUT2D eigenvalue weighted by molar-refractivity contribution is 5.85. The van der Waals surface area contributed by atoms with Gasteiger partial charge in [0.25, 0.3) is 0 Å². The fourth-order valence-corrected chi connectivity index (χ4v) is 2.50. The zero-order valence-corrected chi connectivity index (χ0v) is 13.5. The number of carboxylic acids is 1. The average molecular weight is 357 g/mol. The van der Waals surface area contributed by atoms with Crippen molar-refractivity contribution in [2.45, 2.75) is 44.9 Å². The van der Waals surface area contributed by atoms with Gasteiger partial charge in [-0.05, 0) is 18.6 Å². The molecule has 25 heavy (non-hydrogen) atoms. The molecule has 0 spiro atoms. The Morgan fingerprint density at radius 2 is 2.00 bits per heavy atom. The number of unbranched alkanes of at least 4 members (excludes halogenated alkanes) is 1. The highest BCUT2D eigenvalue weighted by atomic mass is 19.4. The first-order chi connectivity index (χ1) is 11.7. The van der Waals surface area contributed by atoms with E-state index >= 15 is 0 Å². The Labute approximate surface area is 141 Å². The van der Waals surface area contributed by atoms with Gasteiger partial charge in [-0.2, -0.15) is 13.2 Å². The van der Waals surface area contributed by atoms with E-state index in [2.05, 4.69) is 10.3 Å². The van der Waals surface area contributed by atoms with Gasteiger partial charge >= 0.3 is 12.1 Å². The van der Waals surface area contributed by atoms with E-state index in [9.17, 15) is 22.8 Å². The van der Waals surface area contributed by atoms with Gasteiger partial charge in [-0.1, -0.05) is 31.9 Å². The summed E-state index contributed by atoms with van der Waals surface area (Å²) in [6, 6.07) is 4.80. The molecule has 1 aromatic heterocycles. The number of benzene rings is 1. The van der Waals surface area contributed by atoms with Gasteiger partial charge in [0, 0.05) is 0 Å². The number of carboxylic acid groups (broad SMARTS) is 1. The van der Waals surface area contributed by atoms with Crippen LogP contribution in [-0.2, 0) is 22.3 Å². The number of para-hydroxylation sites is 2. The fraction of sp³-hybridized carbons (Fsp3) is 0.438. The van der Waals surface area contributed by atoms with Crippen LogP contribution in [0.25, 0.3) is 11.0 Å². The minimum absolute atomic E-state index is 0.114. The zero-order valence-electron chi connectivity index (χ0n) is 13.5. The second-order valence-corrected chi connectivity index (χ2v) is 5.61. The number of carbonyl (C=O) groups excluding carboxylic acids is 1. The molecule has 0 saturated heterocycles. The lowest BCUT2D eigenvalue weighted by Gasteiger charge is -2.16. The largest absolute Gasteiger partial charge is 0.480 e. The second kappa shape index (κ2) is 7.54. The number of aromatic nitrogens is 2. The molecule has 0 fully saturated rings. The van der Waals surface area contributed by atoms with Crippen molar-refractivity contribution in [2.75, 3.05) is 0 Å². The first kappa shape index (κ1) is 18.8. The Balaban J connectivity index is 2.26. The predicted molar refractivity (Wildman–Crippen MR) is 83.8 cm³/mol. The first-order valence-corrected chi connectivity index (χ1v) is 7.78. The zero-order chi connectivity index (χ0) is 18.6. The van der Waals surface area contributed by atoms with E-state index in [1.54, 1.807) is 12.1 Å². The van der Waals surface area contributed by atoms with Gasteiger partial charge < -0.3 is 15.0 Å². The smallest absolute Gasteiger partial charge is 0.449 e. The Morgan fingerprint density at radius 3 is 2.60 bits per heavy atom. The monoisotopic (exact) mass is 357 g/mol.